The number of H-pyrrole nitrogens is 1. The van der Waals surface area contributed by atoms with Crippen molar-refractivity contribution in [2.75, 3.05) is 7.11 Å². The van der Waals surface area contributed by atoms with Gasteiger partial charge in [0.15, 0.2) is 0 Å². The lowest BCUT2D eigenvalue weighted by Gasteiger charge is -2.07. The lowest BCUT2D eigenvalue weighted by Crippen LogP contribution is -2.06. The minimum Gasteiger partial charge on any atom is -0.464 e. The van der Waals surface area contributed by atoms with Gasteiger partial charge in [-0.2, -0.15) is 11.3 Å². The number of fused-ring (bicyclic) bond motifs is 1. The SMILES string of the molecule is COC(=O)c1cccc(Cc2c(-c3ccsc3)[nH]c3cc(C4CC4)c(C)cc23)n1. The van der Waals surface area contributed by atoms with Crippen LogP contribution in [0.2, 0.25) is 0 Å². The molecular weight excluding hydrogens is 380 g/mol. The van der Waals surface area contributed by atoms with E-state index in [0.29, 0.717) is 18.0 Å². The number of nitrogens with zero attached hydrogens (tertiary/aromatic N) is 1. The van der Waals surface area contributed by atoms with E-state index in [2.05, 4.69) is 45.9 Å². The number of methoxy groups -OCH3 is 1. The molecule has 0 bridgehead atoms. The monoisotopic (exact) mass is 402 g/mol. The molecule has 3 aromatic heterocycles. The summed E-state index contributed by atoms with van der Waals surface area (Å²) in [5.74, 6) is 0.308. The van der Waals surface area contributed by atoms with Crippen molar-refractivity contribution in [1.29, 1.82) is 0 Å². The highest BCUT2D eigenvalue weighted by Gasteiger charge is 2.26. The zero-order valence-electron chi connectivity index (χ0n) is 16.5. The summed E-state index contributed by atoms with van der Waals surface area (Å²) in [6.45, 7) is 2.21. The third kappa shape index (κ3) is 3.36. The smallest absolute Gasteiger partial charge is 0.356 e. The highest BCUT2D eigenvalue weighted by molar-refractivity contribution is 7.08. The zero-order valence-corrected chi connectivity index (χ0v) is 17.3. The van der Waals surface area contributed by atoms with Crippen LogP contribution >= 0.6 is 11.3 Å². The molecule has 0 atom stereocenters. The number of aromatic amines is 1. The number of carbonyl (C=O) groups is 1. The van der Waals surface area contributed by atoms with Crippen molar-refractivity contribution >= 4 is 28.2 Å². The molecule has 0 aliphatic heterocycles. The average Bonchev–Trinajstić information content (AvgIpc) is 3.32. The lowest BCUT2D eigenvalue weighted by atomic mass is 9.97. The number of carbonyl (C=O) groups excluding carboxylic acids is 1. The largest absolute Gasteiger partial charge is 0.464 e. The molecule has 1 aliphatic rings. The number of thiophene rings is 1. The van der Waals surface area contributed by atoms with Gasteiger partial charge < -0.3 is 9.72 Å². The van der Waals surface area contributed by atoms with Crippen molar-refractivity contribution < 1.29 is 9.53 Å². The summed E-state index contributed by atoms with van der Waals surface area (Å²) < 4.78 is 4.83. The molecule has 146 valence electrons. The van der Waals surface area contributed by atoms with Crippen LogP contribution in [-0.4, -0.2) is 23.0 Å². The third-order valence-corrected chi connectivity index (χ3v) is 6.36. The number of rotatable bonds is 5. The molecule has 1 aliphatic carbocycles. The molecule has 1 N–H and O–H groups in total. The van der Waals surface area contributed by atoms with Crippen molar-refractivity contribution in [3.8, 4) is 11.3 Å². The first kappa shape index (κ1) is 18.1. The summed E-state index contributed by atoms with van der Waals surface area (Å²) in [6, 6.07) is 12.3. The van der Waals surface area contributed by atoms with Gasteiger partial charge in [-0.3, -0.25) is 0 Å². The quantitative estimate of drug-likeness (QED) is 0.426. The van der Waals surface area contributed by atoms with Crippen LogP contribution in [-0.2, 0) is 11.2 Å². The number of benzene rings is 1. The normalized spacial score (nSPS) is 13.7. The number of nitrogens with one attached hydrogen (secondary N) is 1. The number of ether oxygens (including phenoxy) is 1. The number of hydrogen-bond acceptors (Lipinski definition) is 4. The molecule has 1 saturated carbocycles. The second-order valence-electron chi connectivity index (χ2n) is 7.70. The summed E-state index contributed by atoms with van der Waals surface area (Å²) in [7, 11) is 1.38. The maximum absolute atomic E-state index is 11.9. The predicted octanol–water partition coefficient (Wildman–Crippen LogP) is 5.85. The van der Waals surface area contributed by atoms with Gasteiger partial charge >= 0.3 is 5.97 Å². The molecule has 0 unspecified atom stereocenters. The van der Waals surface area contributed by atoms with Gasteiger partial charge in [0.05, 0.1) is 12.8 Å². The Morgan fingerprint density at radius 1 is 1.28 bits per heavy atom. The minimum absolute atomic E-state index is 0.342. The standard InChI is InChI=1S/C24H22N2O2S/c1-14-10-19-20(11-17-4-3-5-21(25-17)24(27)28-2)23(16-8-9-29-13-16)26-22(19)12-18(14)15-6-7-15/h3-5,8-10,12-13,15,26H,6-7,11H2,1-2H3. The molecule has 1 fully saturated rings. The Kier molecular flexibility index (Phi) is 4.47. The number of hydrogen-bond donors (Lipinski definition) is 1. The van der Waals surface area contributed by atoms with E-state index in [1.54, 1.807) is 17.4 Å². The summed E-state index contributed by atoms with van der Waals surface area (Å²) >= 11 is 1.69. The number of aryl methyl sites for hydroxylation is 1. The van der Waals surface area contributed by atoms with Crippen LogP contribution in [0, 0.1) is 6.92 Å². The van der Waals surface area contributed by atoms with Crippen LogP contribution in [0.4, 0.5) is 0 Å². The van der Waals surface area contributed by atoms with E-state index in [4.69, 9.17) is 4.74 Å². The predicted molar refractivity (Wildman–Crippen MR) is 117 cm³/mol. The van der Waals surface area contributed by atoms with Gasteiger partial charge in [0.1, 0.15) is 5.69 Å². The van der Waals surface area contributed by atoms with Crippen LogP contribution in [0.3, 0.4) is 0 Å². The second-order valence-corrected chi connectivity index (χ2v) is 8.48. The van der Waals surface area contributed by atoms with E-state index in [-0.39, 0.29) is 0 Å². The number of pyridine rings is 1. The molecule has 0 amide bonds. The van der Waals surface area contributed by atoms with Gasteiger partial charge in [0.2, 0.25) is 0 Å². The molecule has 0 radical (unpaired) electrons. The Bertz CT molecular complexity index is 1200. The fourth-order valence-corrected chi connectivity index (χ4v) is 4.72. The van der Waals surface area contributed by atoms with Gasteiger partial charge in [-0.25, -0.2) is 9.78 Å². The Morgan fingerprint density at radius 3 is 2.86 bits per heavy atom. The van der Waals surface area contributed by atoms with Crippen LogP contribution < -0.4 is 0 Å². The second kappa shape index (κ2) is 7.16. The van der Waals surface area contributed by atoms with Crippen LogP contribution in [0.25, 0.3) is 22.2 Å². The van der Waals surface area contributed by atoms with Gasteiger partial charge in [-0.05, 0) is 78.1 Å². The van der Waals surface area contributed by atoms with Crippen LogP contribution in [0.15, 0.2) is 47.2 Å². The molecule has 3 heterocycles. The zero-order chi connectivity index (χ0) is 20.0. The minimum atomic E-state index is -0.409. The van der Waals surface area contributed by atoms with Gasteiger partial charge in [-0.15, -0.1) is 0 Å². The molecule has 1 aromatic carbocycles. The van der Waals surface area contributed by atoms with Gasteiger partial charge in [-0.1, -0.05) is 6.07 Å². The van der Waals surface area contributed by atoms with Gasteiger partial charge in [0.25, 0.3) is 0 Å². The van der Waals surface area contributed by atoms with Crippen molar-refractivity contribution in [2.45, 2.75) is 32.1 Å². The summed E-state index contributed by atoms with van der Waals surface area (Å²) in [4.78, 5) is 20.1. The number of esters is 1. The van der Waals surface area contributed by atoms with E-state index < -0.39 is 5.97 Å². The first-order chi connectivity index (χ1) is 14.1. The van der Waals surface area contributed by atoms with E-state index in [1.165, 1.54) is 53.1 Å². The maximum atomic E-state index is 11.9. The summed E-state index contributed by atoms with van der Waals surface area (Å²) in [5.41, 5.74) is 8.75. The van der Waals surface area contributed by atoms with Crippen LogP contribution in [0.5, 0.6) is 0 Å². The van der Waals surface area contributed by atoms with Crippen molar-refractivity contribution in [2.24, 2.45) is 0 Å². The lowest BCUT2D eigenvalue weighted by molar-refractivity contribution is 0.0593. The first-order valence-electron chi connectivity index (χ1n) is 9.86. The van der Waals surface area contributed by atoms with E-state index in [9.17, 15) is 4.79 Å². The van der Waals surface area contributed by atoms with Crippen LogP contribution in [0.1, 0.15) is 51.6 Å². The average molecular weight is 403 g/mol. The molecule has 0 saturated heterocycles. The molecule has 29 heavy (non-hydrogen) atoms. The van der Waals surface area contributed by atoms with Gasteiger partial charge in [0, 0.05) is 34.0 Å². The molecule has 4 nitrogen and oxygen atoms in total. The van der Waals surface area contributed by atoms with E-state index in [1.807, 2.05) is 12.1 Å². The van der Waals surface area contributed by atoms with Crippen molar-refractivity contribution in [3.63, 3.8) is 0 Å². The molecule has 5 rings (SSSR count). The van der Waals surface area contributed by atoms with Crippen molar-refractivity contribution in [3.05, 3.63) is 75.2 Å². The fourth-order valence-electron chi connectivity index (χ4n) is 4.07. The summed E-state index contributed by atoms with van der Waals surface area (Å²) in [6.07, 6.45) is 3.24. The number of aromatic nitrogens is 2. The first-order valence-corrected chi connectivity index (χ1v) is 10.8. The molecular formula is C24H22N2O2S. The molecule has 4 aromatic rings. The van der Waals surface area contributed by atoms with Crippen molar-refractivity contribution in [1.82, 2.24) is 9.97 Å². The third-order valence-electron chi connectivity index (χ3n) is 5.68. The Labute approximate surface area is 173 Å². The topological polar surface area (TPSA) is 55.0 Å². The maximum Gasteiger partial charge on any atom is 0.356 e. The van der Waals surface area contributed by atoms with E-state index in [0.717, 1.165) is 11.4 Å². The summed E-state index contributed by atoms with van der Waals surface area (Å²) in [5, 5.41) is 5.50. The highest BCUT2D eigenvalue weighted by atomic mass is 32.1. The highest BCUT2D eigenvalue weighted by Crippen LogP contribution is 2.44. The molecule has 0 spiro atoms. The Hall–Kier alpha value is -2.92. The molecule has 5 heteroatoms. The Morgan fingerprint density at radius 2 is 2.14 bits per heavy atom. The fraction of sp³-hybridized carbons (Fsp3) is 0.250. The van der Waals surface area contributed by atoms with E-state index >= 15 is 0 Å². The Balaban J connectivity index is 1.64.